The average Bonchev–Trinajstić information content (AvgIpc) is 2.66. The van der Waals surface area contributed by atoms with E-state index >= 15 is 0 Å². The number of carbonyl (C=O) groups excluding carboxylic acids is 1. The molecule has 1 aliphatic carbocycles. The number of rotatable bonds is 5. The summed E-state index contributed by atoms with van der Waals surface area (Å²) in [5.41, 5.74) is -0.836. The van der Waals surface area contributed by atoms with Crippen molar-refractivity contribution in [2.75, 3.05) is 0 Å². The Balaban J connectivity index is 1.86. The molecule has 2 rings (SSSR count). The number of nitrogens with zero attached hydrogens (tertiary/aromatic N) is 2. The van der Waals surface area contributed by atoms with Crippen LogP contribution in [0.2, 0.25) is 0 Å². The standard InChI is InChI=1S/C12H16Cl2N2O3/c1-7(2)4-8-15-9(19-16-8)5-18-10(17)11(3)6-12(11,13)14/h7H,4-6H2,1-3H3. The zero-order chi connectivity index (χ0) is 14.3. The van der Waals surface area contributed by atoms with Crippen LogP contribution in [0.3, 0.4) is 0 Å². The predicted molar refractivity (Wildman–Crippen MR) is 69.8 cm³/mol. The highest BCUT2D eigenvalue weighted by molar-refractivity contribution is 6.53. The van der Waals surface area contributed by atoms with Crippen LogP contribution in [0.4, 0.5) is 0 Å². The summed E-state index contributed by atoms with van der Waals surface area (Å²) < 4.78 is 9.08. The molecule has 5 nitrogen and oxygen atoms in total. The Morgan fingerprint density at radius 2 is 2.16 bits per heavy atom. The molecule has 1 saturated carbocycles. The number of alkyl halides is 2. The van der Waals surface area contributed by atoms with Gasteiger partial charge in [-0.15, -0.1) is 23.2 Å². The van der Waals surface area contributed by atoms with Crippen molar-refractivity contribution in [1.82, 2.24) is 10.1 Å². The van der Waals surface area contributed by atoms with E-state index in [9.17, 15) is 4.79 Å². The van der Waals surface area contributed by atoms with Crippen molar-refractivity contribution in [2.45, 2.75) is 44.6 Å². The van der Waals surface area contributed by atoms with Crippen LogP contribution in [0.1, 0.15) is 38.9 Å². The maximum Gasteiger partial charge on any atom is 0.315 e. The highest BCUT2D eigenvalue weighted by Gasteiger charge is 2.69. The first-order chi connectivity index (χ1) is 8.74. The molecular weight excluding hydrogens is 291 g/mol. The second-order valence-corrected chi connectivity index (χ2v) is 6.98. The first kappa shape index (κ1) is 14.6. The van der Waals surface area contributed by atoms with Gasteiger partial charge in [0.15, 0.2) is 12.4 Å². The lowest BCUT2D eigenvalue weighted by molar-refractivity contribution is -0.151. The van der Waals surface area contributed by atoms with Gasteiger partial charge in [0.1, 0.15) is 9.75 Å². The lowest BCUT2D eigenvalue weighted by Gasteiger charge is -2.09. The van der Waals surface area contributed by atoms with Gasteiger partial charge >= 0.3 is 5.97 Å². The van der Waals surface area contributed by atoms with E-state index in [2.05, 4.69) is 24.0 Å². The summed E-state index contributed by atoms with van der Waals surface area (Å²) in [4.78, 5) is 16.0. The Morgan fingerprint density at radius 1 is 1.53 bits per heavy atom. The zero-order valence-electron chi connectivity index (χ0n) is 11.1. The lowest BCUT2D eigenvalue weighted by atomic mass is 10.1. The van der Waals surface area contributed by atoms with Crippen LogP contribution < -0.4 is 0 Å². The highest BCUT2D eigenvalue weighted by atomic mass is 35.5. The van der Waals surface area contributed by atoms with E-state index in [-0.39, 0.29) is 12.5 Å². The SMILES string of the molecule is CC(C)Cc1noc(COC(=O)C2(C)CC2(Cl)Cl)n1. The predicted octanol–water partition coefficient (Wildman–Crippen LogP) is 2.90. The molecule has 0 radical (unpaired) electrons. The summed E-state index contributed by atoms with van der Waals surface area (Å²) >= 11 is 11.8. The molecular formula is C12H16Cl2N2O3. The van der Waals surface area contributed by atoms with Gasteiger partial charge in [-0.25, -0.2) is 0 Å². The van der Waals surface area contributed by atoms with Crippen molar-refractivity contribution in [2.24, 2.45) is 11.3 Å². The summed E-state index contributed by atoms with van der Waals surface area (Å²) in [6.07, 6.45) is 1.12. The van der Waals surface area contributed by atoms with Gasteiger partial charge in [-0.1, -0.05) is 19.0 Å². The van der Waals surface area contributed by atoms with Gasteiger partial charge in [0, 0.05) is 12.8 Å². The van der Waals surface area contributed by atoms with Gasteiger partial charge in [0.25, 0.3) is 5.89 Å². The number of carbonyl (C=O) groups is 1. The monoisotopic (exact) mass is 306 g/mol. The number of halogens is 2. The van der Waals surface area contributed by atoms with Crippen LogP contribution >= 0.6 is 23.2 Å². The van der Waals surface area contributed by atoms with Gasteiger partial charge in [-0.05, 0) is 12.8 Å². The fraction of sp³-hybridized carbons (Fsp3) is 0.750. The topological polar surface area (TPSA) is 65.2 Å². The summed E-state index contributed by atoms with van der Waals surface area (Å²) in [6.45, 7) is 5.74. The van der Waals surface area contributed by atoms with E-state index in [1.807, 2.05) is 0 Å². The lowest BCUT2D eigenvalue weighted by Crippen LogP contribution is -2.21. The number of hydrogen-bond acceptors (Lipinski definition) is 5. The summed E-state index contributed by atoms with van der Waals surface area (Å²) in [5.74, 6) is 0.887. The van der Waals surface area contributed by atoms with E-state index in [0.29, 0.717) is 18.2 Å². The van der Waals surface area contributed by atoms with Crippen molar-refractivity contribution in [3.05, 3.63) is 11.7 Å². The number of hydrogen-bond donors (Lipinski definition) is 0. The first-order valence-electron chi connectivity index (χ1n) is 6.11. The minimum atomic E-state index is -1.03. The van der Waals surface area contributed by atoms with Crippen molar-refractivity contribution in [3.63, 3.8) is 0 Å². The Kier molecular flexibility index (Phi) is 3.80. The Bertz CT molecular complexity index is 487. The molecule has 106 valence electrons. The largest absolute Gasteiger partial charge is 0.455 e. The molecule has 0 bridgehead atoms. The van der Waals surface area contributed by atoms with Gasteiger partial charge in [-0.2, -0.15) is 4.98 Å². The minimum absolute atomic E-state index is 0.0522. The molecule has 7 heteroatoms. The third kappa shape index (κ3) is 3.03. The summed E-state index contributed by atoms with van der Waals surface area (Å²) in [6, 6.07) is 0. The van der Waals surface area contributed by atoms with E-state index in [1.54, 1.807) is 6.92 Å². The molecule has 1 aromatic heterocycles. The van der Waals surface area contributed by atoms with Gasteiger partial charge < -0.3 is 9.26 Å². The van der Waals surface area contributed by atoms with E-state index in [4.69, 9.17) is 32.5 Å². The molecule has 0 aromatic carbocycles. The molecule has 1 aromatic rings. The molecule has 1 atom stereocenters. The van der Waals surface area contributed by atoms with Gasteiger partial charge in [-0.3, -0.25) is 4.79 Å². The molecule has 0 N–H and O–H groups in total. The van der Waals surface area contributed by atoms with E-state index in [0.717, 1.165) is 6.42 Å². The second kappa shape index (κ2) is 4.94. The van der Waals surface area contributed by atoms with Crippen LogP contribution in [-0.2, 0) is 22.6 Å². The zero-order valence-corrected chi connectivity index (χ0v) is 12.6. The Labute approximate surface area is 121 Å². The van der Waals surface area contributed by atoms with Crippen LogP contribution in [-0.4, -0.2) is 20.4 Å². The smallest absolute Gasteiger partial charge is 0.315 e. The van der Waals surface area contributed by atoms with Crippen molar-refractivity contribution in [3.8, 4) is 0 Å². The Morgan fingerprint density at radius 3 is 2.68 bits per heavy atom. The number of aromatic nitrogens is 2. The molecule has 1 aliphatic rings. The maximum absolute atomic E-state index is 11.8. The maximum atomic E-state index is 11.8. The summed E-state index contributed by atoms with van der Waals surface area (Å²) in [7, 11) is 0. The second-order valence-electron chi connectivity index (χ2n) is 5.49. The van der Waals surface area contributed by atoms with Crippen LogP contribution in [0.25, 0.3) is 0 Å². The Hall–Kier alpha value is -0.810. The number of ether oxygens (including phenoxy) is 1. The third-order valence-corrected chi connectivity index (χ3v) is 4.24. The van der Waals surface area contributed by atoms with Crippen molar-refractivity contribution >= 4 is 29.2 Å². The van der Waals surface area contributed by atoms with Crippen LogP contribution in [0, 0.1) is 11.3 Å². The van der Waals surface area contributed by atoms with Crippen LogP contribution in [0.15, 0.2) is 4.52 Å². The fourth-order valence-electron chi connectivity index (χ4n) is 1.70. The van der Waals surface area contributed by atoms with E-state index < -0.39 is 15.7 Å². The average molecular weight is 307 g/mol. The molecule has 0 aliphatic heterocycles. The van der Waals surface area contributed by atoms with E-state index in [1.165, 1.54) is 0 Å². The first-order valence-corrected chi connectivity index (χ1v) is 6.87. The normalized spacial score (nSPS) is 24.5. The molecule has 0 amide bonds. The molecule has 0 spiro atoms. The van der Waals surface area contributed by atoms with Crippen molar-refractivity contribution in [1.29, 1.82) is 0 Å². The highest BCUT2D eigenvalue weighted by Crippen LogP contribution is 2.64. The number of esters is 1. The minimum Gasteiger partial charge on any atom is -0.455 e. The van der Waals surface area contributed by atoms with Gasteiger partial charge in [0.05, 0.1) is 0 Å². The molecule has 19 heavy (non-hydrogen) atoms. The van der Waals surface area contributed by atoms with Crippen molar-refractivity contribution < 1.29 is 14.1 Å². The van der Waals surface area contributed by atoms with Gasteiger partial charge in [0.2, 0.25) is 0 Å². The molecule has 0 saturated heterocycles. The fourth-order valence-corrected chi connectivity index (χ4v) is 2.39. The quantitative estimate of drug-likeness (QED) is 0.618. The molecule has 1 fully saturated rings. The third-order valence-electron chi connectivity index (χ3n) is 3.14. The van der Waals surface area contributed by atoms with Crippen LogP contribution in [0.5, 0.6) is 0 Å². The molecule has 1 heterocycles. The summed E-state index contributed by atoms with van der Waals surface area (Å²) in [5, 5.41) is 3.81. The molecule has 1 unspecified atom stereocenters.